The summed E-state index contributed by atoms with van der Waals surface area (Å²) < 4.78 is 1.19. The first-order valence-corrected chi connectivity index (χ1v) is 4.67. The fourth-order valence-corrected chi connectivity index (χ4v) is 1.54. The number of anilines is 1. The molecule has 6 heteroatoms. The fourth-order valence-electron chi connectivity index (χ4n) is 1.37. The Morgan fingerprint density at radius 2 is 2.33 bits per heavy atom. The standard InChI is InChI=1S/C9H9ClN4O/c1-12-9(15)14-7-4-5(10)2-3-6(7)8(11)13-14/h2-4H,1H3,(H2,11,13)(H,12,15). The quantitative estimate of drug-likeness (QED) is 0.712. The van der Waals surface area contributed by atoms with Gasteiger partial charge in [0.25, 0.3) is 0 Å². The first kappa shape index (κ1) is 9.79. The fraction of sp³-hybridized carbons (Fsp3) is 0.111. The van der Waals surface area contributed by atoms with E-state index in [-0.39, 0.29) is 6.03 Å². The molecule has 78 valence electrons. The van der Waals surface area contributed by atoms with E-state index in [9.17, 15) is 4.79 Å². The lowest BCUT2D eigenvalue weighted by atomic mass is 10.2. The third-order valence-corrected chi connectivity index (χ3v) is 2.31. The maximum Gasteiger partial charge on any atom is 0.342 e. The average molecular weight is 225 g/mol. The molecule has 2 rings (SSSR count). The molecule has 0 saturated heterocycles. The lowest BCUT2D eigenvalue weighted by Gasteiger charge is -1.99. The lowest BCUT2D eigenvalue weighted by molar-refractivity contribution is 0.242. The van der Waals surface area contributed by atoms with Crippen molar-refractivity contribution in [2.45, 2.75) is 0 Å². The van der Waals surface area contributed by atoms with Crippen molar-refractivity contribution in [3.63, 3.8) is 0 Å². The van der Waals surface area contributed by atoms with Crippen molar-refractivity contribution in [3.05, 3.63) is 23.2 Å². The molecule has 0 aliphatic carbocycles. The number of nitrogens with two attached hydrogens (primary N) is 1. The maximum atomic E-state index is 11.4. The van der Waals surface area contributed by atoms with Crippen molar-refractivity contribution < 1.29 is 4.79 Å². The zero-order chi connectivity index (χ0) is 11.0. The molecule has 1 amide bonds. The first-order valence-electron chi connectivity index (χ1n) is 4.29. The summed E-state index contributed by atoms with van der Waals surface area (Å²) in [5, 5.41) is 7.64. The van der Waals surface area contributed by atoms with Crippen LogP contribution in [0.15, 0.2) is 18.2 Å². The van der Waals surface area contributed by atoms with Gasteiger partial charge in [-0.1, -0.05) is 11.6 Å². The minimum Gasteiger partial charge on any atom is -0.382 e. The molecule has 0 aliphatic heterocycles. The highest BCUT2D eigenvalue weighted by Crippen LogP contribution is 2.23. The molecule has 5 nitrogen and oxygen atoms in total. The molecular weight excluding hydrogens is 216 g/mol. The second-order valence-corrected chi connectivity index (χ2v) is 3.45. The summed E-state index contributed by atoms with van der Waals surface area (Å²) in [6.45, 7) is 0. The molecule has 15 heavy (non-hydrogen) atoms. The number of nitrogens with zero attached hydrogens (tertiary/aromatic N) is 2. The number of amides is 1. The molecular formula is C9H9ClN4O. The highest BCUT2D eigenvalue weighted by molar-refractivity contribution is 6.31. The van der Waals surface area contributed by atoms with Crippen LogP contribution >= 0.6 is 11.6 Å². The third-order valence-electron chi connectivity index (χ3n) is 2.08. The Morgan fingerprint density at radius 1 is 1.60 bits per heavy atom. The van der Waals surface area contributed by atoms with E-state index in [4.69, 9.17) is 17.3 Å². The number of hydrogen-bond acceptors (Lipinski definition) is 3. The van der Waals surface area contributed by atoms with Gasteiger partial charge in [-0.25, -0.2) is 4.79 Å². The number of carbonyl (C=O) groups excluding carboxylic acids is 1. The van der Waals surface area contributed by atoms with Crippen LogP contribution in [-0.4, -0.2) is 22.9 Å². The van der Waals surface area contributed by atoms with E-state index in [0.29, 0.717) is 21.7 Å². The molecule has 0 bridgehead atoms. The zero-order valence-corrected chi connectivity index (χ0v) is 8.75. The molecule has 0 fully saturated rings. The summed E-state index contributed by atoms with van der Waals surface area (Å²) in [5.74, 6) is 0.310. The van der Waals surface area contributed by atoms with E-state index in [2.05, 4.69) is 10.4 Å². The monoisotopic (exact) mass is 224 g/mol. The molecule has 0 radical (unpaired) electrons. The van der Waals surface area contributed by atoms with Crippen molar-refractivity contribution in [1.82, 2.24) is 15.1 Å². The summed E-state index contributed by atoms with van der Waals surface area (Å²) in [7, 11) is 1.52. The van der Waals surface area contributed by atoms with Gasteiger partial charge in [0.1, 0.15) is 0 Å². The van der Waals surface area contributed by atoms with Gasteiger partial charge in [-0.15, -0.1) is 5.10 Å². The topological polar surface area (TPSA) is 72.9 Å². The van der Waals surface area contributed by atoms with Crippen LogP contribution in [0.2, 0.25) is 5.02 Å². The van der Waals surface area contributed by atoms with E-state index in [0.717, 1.165) is 0 Å². The Labute approximate surface area is 90.8 Å². The Hall–Kier alpha value is -1.75. The number of halogens is 1. The number of fused-ring (bicyclic) bond motifs is 1. The largest absolute Gasteiger partial charge is 0.382 e. The summed E-state index contributed by atoms with van der Waals surface area (Å²) >= 11 is 5.83. The molecule has 0 aliphatic rings. The summed E-state index contributed by atoms with van der Waals surface area (Å²) in [6.07, 6.45) is 0. The van der Waals surface area contributed by atoms with Crippen LogP contribution in [-0.2, 0) is 0 Å². The van der Waals surface area contributed by atoms with E-state index in [1.807, 2.05) is 0 Å². The average Bonchev–Trinajstić information content (AvgIpc) is 2.54. The summed E-state index contributed by atoms with van der Waals surface area (Å²) in [6, 6.07) is 4.74. The minimum atomic E-state index is -0.348. The molecule has 1 aromatic carbocycles. The molecule has 0 unspecified atom stereocenters. The number of nitrogen functional groups attached to an aromatic ring is 1. The van der Waals surface area contributed by atoms with Gasteiger partial charge in [0.15, 0.2) is 5.82 Å². The van der Waals surface area contributed by atoms with Crippen LogP contribution in [0.1, 0.15) is 0 Å². The maximum absolute atomic E-state index is 11.4. The van der Waals surface area contributed by atoms with Crippen LogP contribution in [0, 0.1) is 0 Å². The van der Waals surface area contributed by atoms with Gasteiger partial charge in [0.2, 0.25) is 0 Å². The lowest BCUT2D eigenvalue weighted by Crippen LogP contribution is -2.25. The number of benzene rings is 1. The van der Waals surface area contributed by atoms with Crippen molar-refractivity contribution in [2.24, 2.45) is 0 Å². The summed E-state index contributed by atoms with van der Waals surface area (Å²) in [5.41, 5.74) is 6.26. The summed E-state index contributed by atoms with van der Waals surface area (Å²) in [4.78, 5) is 11.4. The highest BCUT2D eigenvalue weighted by atomic mass is 35.5. The van der Waals surface area contributed by atoms with Crippen LogP contribution in [0.4, 0.5) is 10.6 Å². The number of nitrogens with one attached hydrogen (secondary N) is 1. The van der Waals surface area contributed by atoms with Crippen LogP contribution in [0.3, 0.4) is 0 Å². The number of carbonyl (C=O) groups is 1. The van der Waals surface area contributed by atoms with Crippen LogP contribution < -0.4 is 11.1 Å². The van der Waals surface area contributed by atoms with Crippen LogP contribution in [0.5, 0.6) is 0 Å². The van der Waals surface area contributed by atoms with Gasteiger partial charge in [-0.05, 0) is 18.2 Å². The van der Waals surface area contributed by atoms with Gasteiger partial charge in [0, 0.05) is 17.5 Å². The second kappa shape index (κ2) is 3.43. The minimum absolute atomic E-state index is 0.310. The highest BCUT2D eigenvalue weighted by Gasteiger charge is 2.12. The molecule has 2 aromatic rings. The predicted molar refractivity (Wildman–Crippen MR) is 59.0 cm³/mol. The SMILES string of the molecule is CNC(=O)n1nc(N)c2ccc(Cl)cc21. The van der Waals surface area contributed by atoms with E-state index in [1.54, 1.807) is 18.2 Å². The van der Waals surface area contributed by atoms with Gasteiger partial charge in [-0.3, -0.25) is 0 Å². The van der Waals surface area contributed by atoms with Crippen molar-refractivity contribution in [1.29, 1.82) is 0 Å². The Bertz CT molecular complexity index is 534. The first-order chi connectivity index (χ1) is 7.13. The van der Waals surface area contributed by atoms with Gasteiger partial charge in [-0.2, -0.15) is 4.68 Å². The zero-order valence-electron chi connectivity index (χ0n) is 7.99. The van der Waals surface area contributed by atoms with Crippen molar-refractivity contribution in [2.75, 3.05) is 12.8 Å². The Balaban J connectivity index is 2.75. The number of hydrogen-bond donors (Lipinski definition) is 2. The molecule has 1 heterocycles. The van der Waals surface area contributed by atoms with E-state index < -0.39 is 0 Å². The molecule has 0 saturated carbocycles. The predicted octanol–water partition coefficient (Wildman–Crippen LogP) is 1.46. The van der Waals surface area contributed by atoms with Crippen LogP contribution in [0.25, 0.3) is 10.9 Å². The molecule has 0 spiro atoms. The molecule has 0 atom stereocenters. The third kappa shape index (κ3) is 1.50. The smallest absolute Gasteiger partial charge is 0.342 e. The Kier molecular flexibility index (Phi) is 2.24. The Morgan fingerprint density at radius 3 is 3.00 bits per heavy atom. The van der Waals surface area contributed by atoms with E-state index >= 15 is 0 Å². The molecule has 3 N–H and O–H groups in total. The van der Waals surface area contributed by atoms with Crippen molar-refractivity contribution >= 4 is 34.4 Å². The normalized spacial score (nSPS) is 10.5. The van der Waals surface area contributed by atoms with E-state index in [1.165, 1.54) is 11.7 Å². The second-order valence-electron chi connectivity index (χ2n) is 3.01. The van der Waals surface area contributed by atoms with Gasteiger partial charge < -0.3 is 11.1 Å². The number of rotatable bonds is 0. The number of aromatic nitrogens is 2. The molecule has 1 aromatic heterocycles. The van der Waals surface area contributed by atoms with Gasteiger partial charge >= 0.3 is 6.03 Å². The van der Waals surface area contributed by atoms with Crippen molar-refractivity contribution in [3.8, 4) is 0 Å². The van der Waals surface area contributed by atoms with Gasteiger partial charge in [0.05, 0.1) is 5.52 Å².